The normalized spacial score (nSPS) is 11.5. The van der Waals surface area contributed by atoms with E-state index < -0.39 is 41.8 Å². The van der Waals surface area contributed by atoms with Crippen molar-refractivity contribution in [1.29, 1.82) is 0 Å². The second kappa shape index (κ2) is 10.9. The Morgan fingerprint density at radius 1 is 1.08 bits per heavy atom. The van der Waals surface area contributed by atoms with Crippen LogP contribution in [-0.2, 0) is 16.1 Å². The number of nitrogens with zero attached hydrogens (tertiary/aromatic N) is 3. The van der Waals surface area contributed by atoms with Crippen molar-refractivity contribution < 1.29 is 29.4 Å². The van der Waals surface area contributed by atoms with Gasteiger partial charge in [0, 0.05) is 12.1 Å². The third kappa shape index (κ3) is 6.06. The monoisotopic (exact) mass is 499 g/mol. The van der Waals surface area contributed by atoms with Crippen molar-refractivity contribution in [3.8, 4) is 0 Å². The fraction of sp³-hybridized carbons (Fsp3) is 0.200. The van der Waals surface area contributed by atoms with Gasteiger partial charge in [0.15, 0.2) is 11.2 Å². The maximum atomic E-state index is 12.7. The number of benzene rings is 1. The molecule has 188 valence electrons. The average Bonchev–Trinajstić information content (AvgIpc) is 2.84. The molecule has 0 aliphatic rings. The van der Waals surface area contributed by atoms with Gasteiger partial charge in [-0.25, -0.2) is 20.6 Å². The first kappa shape index (κ1) is 25.5. The van der Waals surface area contributed by atoms with Crippen molar-refractivity contribution in [2.45, 2.75) is 25.4 Å². The van der Waals surface area contributed by atoms with E-state index in [-0.39, 0.29) is 41.2 Å². The Balaban J connectivity index is 1.81. The molecule has 0 radical (unpaired) electrons. The topological polar surface area (TPSA) is 268 Å². The summed E-state index contributed by atoms with van der Waals surface area (Å²) in [5, 5.41) is 23.2. The van der Waals surface area contributed by atoms with Gasteiger partial charge in [0.05, 0.1) is 29.6 Å². The Hall–Kier alpha value is -5.12. The highest BCUT2D eigenvalue weighted by Gasteiger charge is 2.24. The number of aromatic amines is 1. The van der Waals surface area contributed by atoms with Gasteiger partial charge in [-0.1, -0.05) is 0 Å². The van der Waals surface area contributed by atoms with Crippen LogP contribution in [0.3, 0.4) is 0 Å². The second-order valence-corrected chi connectivity index (χ2v) is 7.37. The van der Waals surface area contributed by atoms with E-state index in [1.165, 1.54) is 24.4 Å². The zero-order valence-corrected chi connectivity index (χ0v) is 18.4. The molecule has 2 amide bonds. The molecule has 0 spiro atoms. The summed E-state index contributed by atoms with van der Waals surface area (Å²) in [5.74, 6) is 0.721. The lowest BCUT2D eigenvalue weighted by Crippen LogP contribution is -2.42. The number of H-pyrrole nitrogens is 1. The largest absolute Gasteiger partial charge is 0.481 e. The van der Waals surface area contributed by atoms with E-state index in [2.05, 4.69) is 30.6 Å². The number of fused-ring (bicyclic) bond motifs is 1. The van der Waals surface area contributed by atoms with Gasteiger partial charge >= 0.3 is 11.9 Å². The van der Waals surface area contributed by atoms with Crippen LogP contribution in [0, 0.1) is 0 Å². The van der Waals surface area contributed by atoms with Gasteiger partial charge in [-0.3, -0.25) is 29.6 Å². The number of anilines is 2. The molecule has 2 heterocycles. The van der Waals surface area contributed by atoms with Crippen molar-refractivity contribution in [3.63, 3.8) is 0 Å². The molecule has 0 aliphatic carbocycles. The number of carbonyl (C=O) groups is 4. The number of hydrazine groups is 1. The van der Waals surface area contributed by atoms with Crippen LogP contribution in [0.15, 0.2) is 29.2 Å². The summed E-state index contributed by atoms with van der Waals surface area (Å²) in [5.41, 5.74) is 7.22. The molecule has 16 nitrogen and oxygen atoms in total. The third-order valence-electron chi connectivity index (χ3n) is 4.85. The van der Waals surface area contributed by atoms with Gasteiger partial charge in [0.2, 0.25) is 5.95 Å². The van der Waals surface area contributed by atoms with Crippen molar-refractivity contribution in [2.75, 3.05) is 11.1 Å². The summed E-state index contributed by atoms with van der Waals surface area (Å²) in [4.78, 5) is 73.6. The van der Waals surface area contributed by atoms with Crippen LogP contribution in [0.4, 0.5) is 11.6 Å². The van der Waals surface area contributed by atoms with E-state index in [0.717, 1.165) is 0 Å². The molecule has 2 aromatic heterocycles. The Kier molecular flexibility index (Phi) is 7.70. The summed E-state index contributed by atoms with van der Waals surface area (Å²) in [6, 6.07) is 2.52. The number of rotatable bonds is 10. The molecule has 36 heavy (non-hydrogen) atoms. The summed E-state index contributed by atoms with van der Waals surface area (Å²) in [6.45, 7) is 0.0677. The first-order valence-electron chi connectivity index (χ1n) is 10.2. The number of nitrogens with two attached hydrogens (primary N) is 2. The smallest absolute Gasteiger partial charge is 0.326 e. The molecule has 1 atom stereocenters. The summed E-state index contributed by atoms with van der Waals surface area (Å²) < 4.78 is 0. The fourth-order valence-electron chi connectivity index (χ4n) is 3.13. The highest BCUT2D eigenvalue weighted by Crippen LogP contribution is 2.18. The SMILES string of the molecule is NNC(=O)c1cc(NCc2cnc3nc(N)[nH]c(=O)c3n2)ccc1C(=O)NC(CCC(=O)O)C(=O)O. The second-order valence-electron chi connectivity index (χ2n) is 7.37. The lowest BCUT2D eigenvalue weighted by molar-refractivity contribution is -0.140. The number of carboxylic acid groups (broad SMARTS) is 2. The number of aliphatic carboxylic acids is 2. The van der Waals surface area contributed by atoms with E-state index in [1.807, 2.05) is 5.43 Å². The number of carboxylic acids is 2. The maximum absolute atomic E-state index is 12.7. The minimum atomic E-state index is -1.49. The zero-order valence-electron chi connectivity index (χ0n) is 18.4. The Bertz CT molecular complexity index is 1410. The van der Waals surface area contributed by atoms with Gasteiger partial charge in [0.25, 0.3) is 17.4 Å². The van der Waals surface area contributed by atoms with E-state index in [9.17, 15) is 29.1 Å². The molecular formula is C20H21N9O7. The van der Waals surface area contributed by atoms with Crippen molar-refractivity contribution in [3.05, 3.63) is 51.6 Å². The van der Waals surface area contributed by atoms with Crippen LogP contribution in [0.5, 0.6) is 0 Å². The molecule has 0 bridgehead atoms. The highest BCUT2D eigenvalue weighted by atomic mass is 16.4. The summed E-state index contributed by atoms with van der Waals surface area (Å²) >= 11 is 0. The fourth-order valence-corrected chi connectivity index (χ4v) is 3.13. The lowest BCUT2D eigenvalue weighted by Gasteiger charge is -2.16. The minimum absolute atomic E-state index is 0.0189. The van der Waals surface area contributed by atoms with E-state index in [4.69, 9.17) is 16.7 Å². The number of aromatic nitrogens is 4. The van der Waals surface area contributed by atoms with Gasteiger partial charge in [-0.05, 0) is 24.6 Å². The molecule has 3 aromatic rings. The standard InChI is InChI=1S/C20H21N9O7/c21-20-27-15-14(18(34)28-20)25-9(7-24-15)6-23-8-1-2-10(11(5-8)17(33)29-22)16(32)26-12(19(35)36)3-4-13(30)31/h1-2,5,7,12,23H,3-4,6,22H2,(H,26,32)(H,29,33)(H,30,31)(H,35,36)(H3,21,24,27,28,34). The molecule has 16 heteroatoms. The number of hydrogen-bond donors (Lipinski definition) is 8. The third-order valence-corrected chi connectivity index (χ3v) is 4.85. The summed E-state index contributed by atoms with van der Waals surface area (Å²) in [6.07, 6.45) is 0.537. The Labute approximate surface area is 201 Å². The molecule has 0 saturated heterocycles. The predicted octanol–water partition coefficient (Wildman–Crippen LogP) is -1.44. The molecule has 1 aromatic carbocycles. The average molecular weight is 499 g/mol. The molecule has 0 saturated carbocycles. The first-order chi connectivity index (χ1) is 17.1. The van der Waals surface area contributed by atoms with E-state index >= 15 is 0 Å². The lowest BCUT2D eigenvalue weighted by atomic mass is 10.0. The molecule has 3 rings (SSSR count). The Morgan fingerprint density at radius 3 is 2.50 bits per heavy atom. The highest BCUT2D eigenvalue weighted by molar-refractivity contribution is 6.08. The van der Waals surface area contributed by atoms with Crippen LogP contribution < -0.4 is 33.2 Å². The predicted molar refractivity (Wildman–Crippen MR) is 124 cm³/mol. The molecule has 0 fully saturated rings. The van der Waals surface area contributed by atoms with Crippen LogP contribution in [0.1, 0.15) is 39.3 Å². The van der Waals surface area contributed by atoms with Crippen LogP contribution in [0.2, 0.25) is 0 Å². The summed E-state index contributed by atoms with van der Waals surface area (Å²) in [7, 11) is 0. The maximum Gasteiger partial charge on any atom is 0.326 e. The van der Waals surface area contributed by atoms with Crippen molar-refractivity contribution >= 4 is 46.6 Å². The molecule has 1 unspecified atom stereocenters. The molecular weight excluding hydrogens is 478 g/mol. The van der Waals surface area contributed by atoms with Crippen LogP contribution in [-0.4, -0.2) is 59.9 Å². The van der Waals surface area contributed by atoms with E-state index in [0.29, 0.717) is 11.4 Å². The first-order valence-corrected chi connectivity index (χ1v) is 10.2. The van der Waals surface area contributed by atoms with Gasteiger partial charge in [-0.2, -0.15) is 4.98 Å². The van der Waals surface area contributed by atoms with Gasteiger partial charge in [0.1, 0.15) is 6.04 Å². The van der Waals surface area contributed by atoms with Gasteiger partial charge in [-0.15, -0.1) is 0 Å². The minimum Gasteiger partial charge on any atom is -0.481 e. The van der Waals surface area contributed by atoms with Crippen LogP contribution >= 0.6 is 0 Å². The van der Waals surface area contributed by atoms with Crippen molar-refractivity contribution in [1.82, 2.24) is 30.7 Å². The quantitative estimate of drug-likeness (QED) is 0.0902. The molecule has 0 aliphatic heterocycles. The number of hydrogen-bond acceptors (Lipinski definition) is 11. The molecule has 10 N–H and O–H groups in total. The number of amides is 2. The number of nitrogen functional groups attached to an aromatic ring is 2. The van der Waals surface area contributed by atoms with Crippen LogP contribution in [0.25, 0.3) is 11.2 Å². The Morgan fingerprint density at radius 2 is 1.83 bits per heavy atom. The zero-order chi connectivity index (χ0) is 26.4. The van der Waals surface area contributed by atoms with E-state index in [1.54, 1.807) is 0 Å². The van der Waals surface area contributed by atoms with Crippen molar-refractivity contribution in [2.24, 2.45) is 5.84 Å². The number of nitrogens with one attached hydrogen (secondary N) is 4. The number of carbonyl (C=O) groups excluding carboxylic acids is 2. The van der Waals surface area contributed by atoms with Gasteiger partial charge < -0.3 is 26.6 Å².